The third-order valence-corrected chi connectivity index (χ3v) is 3.49. The van der Waals surface area contributed by atoms with Crippen LogP contribution in [0, 0.1) is 0 Å². The third-order valence-electron chi connectivity index (χ3n) is 3.49. The Balaban J connectivity index is 1.76. The summed E-state index contributed by atoms with van der Waals surface area (Å²) in [6, 6.07) is 7.27. The third kappa shape index (κ3) is 1.71. The van der Waals surface area contributed by atoms with Crippen molar-refractivity contribution in [1.29, 1.82) is 0 Å². The maximum atomic E-state index is 4.38. The van der Waals surface area contributed by atoms with E-state index in [0.717, 1.165) is 18.1 Å². The number of aryl methyl sites for hydroxylation is 1. The van der Waals surface area contributed by atoms with E-state index in [4.69, 9.17) is 0 Å². The second-order valence-corrected chi connectivity index (χ2v) is 4.69. The van der Waals surface area contributed by atoms with Crippen LogP contribution in [0.15, 0.2) is 24.5 Å². The number of hydrogen-bond acceptors (Lipinski definition) is 2. The van der Waals surface area contributed by atoms with Crippen LogP contribution in [-0.4, -0.2) is 15.6 Å². The molecule has 1 saturated carbocycles. The number of hydrogen-bond donors (Lipinski definition) is 1. The molecule has 0 amide bonds. The molecule has 1 aromatic heterocycles. The monoisotopic (exact) mass is 215 g/mol. The zero-order valence-electron chi connectivity index (χ0n) is 9.61. The molecule has 1 aliphatic carbocycles. The van der Waals surface area contributed by atoms with Crippen LogP contribution in [-0.2, 0) is 13.6 Å². The lowest BCUT2D eigenvalue weighted by molar-refractivity contribution is 0.338. The lowest BCUT2D eigenvalue weighted by atomic mass is 9.93. The fourth-order valence-corrected chi connectivity index (χ4v) is 2.17. The molecular formula is C13H17N3. The van der Waals surface area contributed by atoms with Gasteiger partial charge in [0.25, 0.3) is 0 Å². The number of rotatable bonds is 3. The summed E-state index contributed by atoms with van der Waals surface area (Å²) in [7, 11) is 2.03. The fourth-order valence-electron chi connectivity index (χ4n) is 2.17. The molecule has 16 heavy (non-hydrogen) atoms. The molecule has 3 heteroatoms. The topological polar surface area (TPSA) is 29.9 Å². The molecule has 0 saturated heterocycles. The van der Waals surface area contributed by atoms with E-state index in [1.165, 1.54) is 30.3 Å². The highest BCUT2D eigenvalue weighted by atomic mass is 15.0. The summed E-state index contributed by atoms with van der Waals surface area (Å²) in [5.41, 5.74) is 3.63. The predicted molar refractivity (Wildman–Crippen MR) is 65.2 cm³/mol. The highest BCUT2D eigenvalue weighted by molar-refractivity contribution is 5.75. The smallest absolute Gasteiger partial charge is 0.0955 e. The highest BCUT2D eigenvalue weighted by Crippen LogP contribution is 2.19. The average Bonchev–Trinajstić information content (AvgIpc) is 2.58. The first-order valence-corrected chi connectivity index (χ1v) is 5.96. The summed E-state index contributed by atoms with van der Waals surface area (Å²) >= 11 is 0. The molecule has 1 aliphatic rings. The van der Waals surface area contributed by atoms with Gasteiger partial charge in [0.05, 0.1) is 17.4 Å². The van der Waals surface area contributed by atoms with E-state index in [1.54, 1.807) is 0 Å². The Kier molecular flexibility index (Phi) is 2.40. The van der Waals surface area contributed by atoms with Crippen molar-refractivity contribution in [2.75, 3.05) is 0 Å². The van der Waals surface area contributed by atoms with Crippen LogP contribution in [0.4, 0.5) is 0 Å². The number of aromatic nitrogens is 2. The molecule has 1 N–H and O–H groups in total. The second kappa shape index (κ2) is 3.91. The highest BCUT2D eigenvalue weighted by Gasteiger charge is 2.16. The molecule has 2 aromatic rings. The van der Waals surface area contributed by atoms with Gasteiger partial charge in [-0.3, -0.25) is 0 Å². The number of nitrogens with zero attached hydrogens (tertiary/aromatic N) is 2. The van der Waals surface area contributed by atoms with Gasteiger partial charge in [0.2, 0.25) is 0 Å². The Bertz CT molecular complexity index is 497. The molecule has 3 nitrogen and oxygen atoms in total. The van der Waals surface area contributed by atoms with E-state index >= 15 is 0 Å². The van der Waals surface area contributed by atoms with Crippen molar-refractivity contribution in [3.8, 4) is 0 Å². The van der Waals surface area contributed by atoms with Gasteiger partial charge in [-0.1, -0.05) is 12.5 Å². The minimum Gasteiger partial charge on any atom is -0.334 e. The summed E-state index contributed by atoms with van der Waals surface area (Å²) in [6.07, 6.45) is 5.93. The molecule has 0 atom stereocenters. The Hall–Kier alpha value is -1.35. The largest absolute Gasteiger partial charge is 0.334 e. The van der Waals surface area contributed by atoms with Gasteiger partial charge in [0.15, 0.2) is 0 Å². The van der Waals surface area contributed by atoms with Crippen LogP contribution in [0.25, 0.3) is 11.0 Å². The lowest BCUT2D eigenvalue weighted by Gasteiger charge is -2.26. The van der Waals surface area contributed by atoms with Crippen molar-refractivity contribution < 1.29 is 0 Å². The van der Waals surface area contributed by atoms with Gasteiger partial charge in [-0.05, 0) is 30.5 Å². The average molecular weight is 215 g/mol. The number of imidazole rings is 1. The Morgan fingerprint density at radius 3 is 3.06 bits per heavy atom. The number of benzene rings is 1. The van der Waals surface area contributed by atoms with Gasteiger partial charge < -0.3 is 9.88 Å². The van der Waals surface area contributed by atoms with Crippen LogP contribution in [0.5, 0.6) is 0 Å². The van der Waals surface area contributed by atoms with E-state index < -0.39 is 0 Å². The van der Waals surface area contributed by atoms with Crippen molar-refractivity contribution in [3.63, 3.8) is 0 Å². The van der Waals surface area contributed by atoms with Crippen molar-refractivity contribution >= 4 is 11.0 Å². The van der Waals surface area contributed by atoms with Crippen molar-refractivity contribution in [3.05, 3.63) is 30.1 Å². The van der Waals surface area contributed by atoms with Crippen molar-refractivity contribution in [1.82, 2.24) is 14.9 Å². The van der Waals surface area contributed by atoms with E-state index in [1.807, 2.05) is 13.4 Å². The van der Waals surface area contributed by atoms with E-state index in [9.17, 15) is 0 Å². The first-order valence-electron chi connectivity index (χ1n) is 5.96. The summed E-state index contributed by atoms with van der Waals surface area (Å²) in [6.45, 7) is 0.969. The van der Waals surface area contributed by atoms with Gasteiger partial charge in [-0.15, -0.1) is 0 Å². The first kappa shape index (κ1) is 9.85. The lowest BCUT2D eigenvalue weighted by Crippen LogP contribution is -2.34. The van der Waals surface area contributed by atoms with Crippen LogP contribution in [0.1, 0.15) is 24.8 Å². The van der Waals surface area contributed by atoms with Crippen LogP contribution < -0.4 is 5.32 Å². The van der Waals surface area contributed by atoms with E-state index in [2.05, 4.69) is 33.1 Å². The Morgan fingerprint density at radius 1 is 1.44 bits per heavy atom. The Labute approximate surface area is 95.5 Å². The standard InChI is InChI=1S/C13H17N3/c1-16-9-15-12-7-10(5-6-13(12)16)8-14-11-3-2-4-11/h5-7,9,11,14H,2-4,8H2,1H3. The van der Waals surface area contributed by atoms with E-state index in [-0.39, 0.29) is 0 Å². The molecule has 1 heterocycles. The predicted octanol–water partition coefficient (Wildman–Crippen LogP) is 2.22. The van der Waals surface area contributed by atoms with Gasteiger partial charge in [0, 0.05) is 19.6 Å². The number of nitrogens with one attached hydrogen (secondary N) is 1. The molecule has 84 valence electrons. The molecule has 0 radical (unpaired) electrons. The number of fused-ring (bicyclic) bond motifs is 1. The van der Waals surface area contributed by atoms with Crippen LogP contribution >= 0.6 is 0 Å². The van der Waals surface area contributed by atoms with Crippen molar-refractivity contribution in [2.45, 2.75) is 31.8 Å². The molecule has 0 bridgehead atoms. The zero-order valence-corrected chi connectivity index (χ0v) is 9.61. The fraction of sp³-hybridized carbons (Fsp3) is 0.462. The minimum atomic E-state index is 0.749. The minimum absolute atomic E-state index is 0.749. The molecule has 0 aliphatic heterocycles. The first-order chi connectivity index (χ1) is 7.83. The van der Waals surface area contributed by atoms with Crippen LogP contribution in [0.3, 0.4) is 0 Å². The van der Waals surface area contributed by atoms with Crippen molar-refractivity contribution in [2.24, 2.45) is 7.05 Å². The molecule has 1 aromatic carbocycles. The van der Waals surface area contributed by atoms with E-state index in [0.29, 0.717) is 0 Å². The maximum Gasteiger partial charge on any atom is 0.0955 e. The van der Waals surface area contributed by atoms with Gasteiger partial charge >= 0.3 is 0 Å². The Morgan fingerprint density at radius 2 is 2.31 bits per heavy atom. The van der Waals surface area contributed by atoms with Gasteiger partial charge in [0.1, 0.15) is 0 Å². The summed E-state index contributed by atoms with van der Waals surface area (Å²) in [4.78, 5) is 4.38. The quantitative estimate of drug-likeness (QED) is 0.850. The SMILES string of the molecule is Cn1cnc2cc(CNC3CCC3)ccc21. The van der Waals surface area contributed by atoms with Crippen LogP contribution in [0.2, 0.25) is 0 Å². The second-order valence-electron chi connectivity index (χ2n) is 4.69. The molecule has 0 spiro atoms. The molecule has 0 unspecified atom stereocenters. The van der Waals surface area contributed by atoms with Gasteiger partial charge in [-0.25, -0.2) is 4.98 Å². The summed E-state index contributed by atoms with van der Waals surface area (Å²) in [5, 5.41) is 3.57. The van der Waals surface area contributed by atoms with Gasteiger partial charge in [-0.2, -0.15) is 0 Å². The summed E-state index contributed by atoms with van der Waals surface area (Å²) < 4.78 is 2.05. The summed E-state index contributed by atoms with van der Waals surface area (Å²) in [5.74, 6) is 0. The molecule has 1 fully saturated rings. The molecule has 3 rings (SSSR count). The zero-order chi connectivity index (χ0) is 11.0. The molecular weight excluding hydrogens is 198 g/mol. The normalized spacial score (nSPS) is 16.6. The maximum absolute atomic E-state index is 4.38.